The second kappa shape index (κ2) is 9.96. The largest absolute Gasteiger partial charge is 0.480 e. The van der Waals surface area contributed by atoms with E-state index < -0.39 is 29.5 Å². The first kappa shape index (κ1) is 24.5. The van der Waals surface area contributed by atoms with Crippen LogP contribution >= 0.6 is 11.6 Å². The first-order chi connectivity index (χ1) is 16.7. The molecule has 182 valence electrons. The van der Waals surface area contributed by atoms with Crippen LogP contribution in [0.4, 0.5) is 10.5 Å². The summed E-state index contributed by atoms with van der Waals surface area (Å²) in [6, 6.07) is 13.5. The van der Waals surface area contributed by atoms with Crippen LogP contribution in [0.2, 0.25) is 5.02 Å². The number of anilines is 1. The molecule has 2 aromatic rings. The van der Waals surface area contributed by atoms with E-state index in [-0.39, 0.29) is 12.3 Å². The first-order valence-electron chi connectivity index (χ1n) is 11.6. The third-order valence-corrected chi connectivity index (χ3v) is 6.67. The van der Waals surface area contributed by atoms with Crippen molar-refractivity contribution < 1.29 is 19.5 Å². The topological polar surface area (TPSA) is 98.7 Å². The number of halogens is 1. The van der Waals surface area contributed by atoms with Crippen LogP contribution in [0.1, 0.15) is 31.4 Å². The Hall–Kier alpha value is -3.58. The maximum Gasteiger partial charge on any atom is 0.326 e. The van der Waals surface area contributed by atoms with Crippen molar-refractivity contribution in [3.05, 3.63) is 82.9 Å². The average molecular weight is 494 g/mol. The van der Waals surface area contributed by atoms with E-state index in [0.29, 0.717) is 18.0 Å². The van der Waals surface area contributed by atoms with E-state index in [4.69, 9.17) is 11.6 Å². The molecule has 2 aliphatic rings. The number of nitrogens with one attached hydrogen (secondary N) is 2. The Balaban J connectivity index is 1.62. The molecule has 1 aliphatic heterocycles. The highest BCUT2D eigenvalue weighted by Gasteiger charge is 2.42. The van der Waals surface area contributed by atoms with Gasteiger partial charge >= 0.3 is 12.0 Å². The Labute approximate surface area is 209 Å². The van der Waals surface area contributed by atoms with Gasteiger partial charge in [-0.25, -0.2) is 9.59 Å². The van der Waals surface area contributed by atoms with E-state index >= 15 is 0 Å². The molecule has 4 rings (SSSR count). The van der Waals surface area contributed by atoms with Crippen LogP contribution in [0.25, 0.3) is 5.57 Å². The molecule has 8 heteroatoms. The fourth-order valence-electron chi connectivity index (χ4n) is 4.42. The van der Waals surface area contributed by atoms with Crippen LogP contribution in [0.15, 0.2) is 66.8 Å². The van der Waals surface area contributed by atoms with Crippen molar-refractivity contribution in [2.24, 2.45) is 5.92 Å². The van der Waals surface area contributed by atoms with Gasteiger partial charge in [0.05, 0.1) is 0 Å². The molecule has 0 fully saturated rings. The lowest BCUT2D eigenvalue weighted by molar-refractivity contribution is -0.143. The minimum Gasteiger partial charge on any atom is -0.480 e. The second-order valence-corrected chi connectivity index (χ2v) is 9.61. The van der Waals surface area contributed by atoms with Gasteiger partial charge in [-0.1, -0.05) is 67.9 Å². The summed E-state index contributed by atoms with van der Waals surface area (Å²) in [6.45, 7) is 3.90. The molecule has 0 saturated carbocycles. The molecular formula is C27H28ClN3O4. The van der Waals surface area contributed by atoms with E-state index in [1.807, 2.05) is 42.5 Å². The van der Waals surface area contributed by atoms with Gasteiger partial charge in [-0.2, -0.15) is 0 Å². The minimum absolute atomic E-state index is 0.178. The molecule has 2 atom stereocenters. The van der Waals surface area contributed by atoms with Crippen LogP contribution in [0.3, 0.4) is 0 Å². The smallest absolute Gasteiger partial charge is 0.326 e. The van der Waals surface area contributed by atoms with Gasteiger partial charge in [0.2, 0.25) is 0 Å². The molecule has 0 spiro atoms. The first-order valence-corrected chi connectivity index (χ1v) is 11.9. The van der Waals surface area contributed by atoms with Gasteiger partial charge in [-0.3, -0.25) is 9.69 Å². The number of carboxylic acids is 1. The number of allylic oxidation sites excluding steroid dienone is 2. The molecule has 2 aromatic carbocycles. The molecule has 35 heavy (non-hydrogen) atoms. The quantitative estimate of drug-likeness (QED) is 0.554. The van der Waals surface area contributed by atoms with Crippen molar-refractivity contribution in [2.75, 3.05) is 11.4 Å². The number of hydrogen-bond donors (Lipinski definition) is 3. The zero-order chi connectivity index (χ0) is 25.2. The van der Waals surface area contributed by atoms with E-state index in [9.17, 15) is 19.5 Å². The molecule has 3 N–H and O–H groups in total. The summed E-state index contributed by atoms with van der Waals surface area (Å²) < 4.78 is 0. The number of urea groups is 1. The Kier molecular flexibility index (Phi) is 6.98. The molecule has 1 aliphatic carbocycles. The molecule has 7 nitrogen and oxygen atoms in total. The van der Waals surface area contributed by atoms with Crippen LogP contribution in [0.5, 0.6) is 0 Å². The molecule has 1 unspecified atom stereocenters. The Morgan fingerprint density at radius 1 is 1.11 bits per heavy atom. The van der Waals surface area contributed by atoms with Crippen molar-refractivity contribution in [2.45, 2.75) is 38.3 Å². The number of carboxylic acid groups (broad SMARTS) is 1. The van der Waals surface area contributed by atoms with Gasteiger partial charge in [-0.05, 0) is 53.3 Å². The second-order valence-electron chi connectivity index (χ2n) is 9.17. The van der Waals surface area contributed by atoms with Crippen molar-refractivity contribution in [1.82, 2.24) is 10.6 Å². The molecule has 0 aromatic heterocycles. The average Bonchev–Trinajstić information content (AvgIpc) is 3.26. The lowest BCUT2D eigenvalue weighted by atomic mass is 9.85. The molecule has 0 saturated heterocycles. The minimum atomic E-state index is -1.44. The number of rotatable bonds is 6. The Bertz CT molecular complexity index is 1210. The van der Waals surface area contributed by atoms with Crippen molar-refractivity contribution in [1.29, 1.82) is 0 Å². The fourth-order valence-corrected chi connectivity index (χ4v) is 4.62. The van der Waals surface area contributed by atoms with E-state index in [0.717, 1.165) is 22.4 Å². The maximum atomic E-state index is 13.5. The predicted octanol–water partition coefficient (Wildman–Crippen LogP) is 4.42. The Morgan fingerprint density at radius 3 is 2.49 bits per heavy atom. The van der Waals surface area contributed by atoms with Gasteiger partial charge in [-0.15, -0.1) is 0 Å². The molecular weight excluding hydrogens is 466 g/mol. The molecule has 3 amide bonds. The summed E-state index contributed by atoms with van der Waals surface area (Å²) >= 11 is 6.10. The van der Waals surface area contributed by atoms with Crippen molar-refractivity contribution in [3.8, 4) is 0 Å². The van der Waals surface area contributed by atoms with Gasteiger partial charge < -0.3 is 15.7 Å². The van der Waals surface area contributed by atoms with E-state index in [1.54, 1.807) is 43.0 Å². The van der Waals surface area contributed by atoms with Gasteiger partial charge in [0.25, 0.3) is 5.91 Å². The van der Waals surface area contributed by atoms with Crippen LogP contribution in [-0.4, -0.2) is 41.1 Å². The lowest BCUT2D eigenvalue weighted by Crippen LogP contribution is -2.63. The van der Waals surface area contributed by atoms with E-state index in [2.05, 4.69) is 10.6 Å². The van der Waals surface area contributed by atoms with Gasteiger partial charge in [0, 0.05) is 23.7 Å². The van der Waals surface area contributed by atoms with Gasteiger partial charge in [0.1, 0.15) is 11.6 Å². The van der Waals surface area contributed by atoms with Crippen molar-refractivity contribution in [3.63, 3.8) is 0 Å². The number of benzene rings is 2. The normalized spacial score (nSPS) is 19.7. The summed E-state index contributed by atoms with van der Waals surface area (Å²) in [7, 11) is 0. The number of carbonyl (C=O) groups is 3. The number of fused-ring (bicyclic) bond motifs is 1. The standard InChI is InChI=1S/C27H28ClN3O4/c1-17(2)23(24(32)33)29-25(34)27(13-10-19(11-14-27)18-6-4-3-5-7-18)30-26(35)31-15-12-20-16-21(28)8-9-22(20)31/h3-11,13,16-17,23H,12,14-15H2,1-2H3,(H,29,34)(H,30,35)(H,32,33)/t23-,27?/m0/s1. The number of aliphatic carboxylic acids is 1. The van der Waals surface area contributed by atoms with Crippen LogP contribution in [0, 0.1) is 5.92 Å². The van der Waals surface area contributed by atoms with E-state index in [1.165, 1.54) is 0 Å². The van der Waals surface area contributed by atoms with Crippen molar-refractivity contribution >= 4 is 40.8 Å². The predicted molar refractivity (Wildman–Crippen MR) is 136 cm³/mol. The number of hydrogen-bond acceptors (Lipinski definition) is 3. The summed E-state index contributed by atoms with van der Waals surface area (Å²) in [5.74, 6) is -2.02. The molecule has 0 bridgehead atoms. The molecule has 0 radical (unpaired) electrons. The highest BCUT2D eigenvalue weighted by atomic mass is 35.5. The SMILES string of the molecule is CC(C)[C@H](NC(=O)C1(NC(=O)N2CCc3cc(Cl)ccc32)C=CC(c2ccccc2)=CC1)C(=O)O. The van der Waals surface area contributed by atoms with Crippen LogP contribution in [-0.2, 0) is 16.0 Å². The third-order valence-electron chi connectivity index (χ3n) is 6.44. The zero-order valence-electron chi connectivity index (χ0n) is 19.6. The highest BCUT2D eigenvalue weighted by Crippen LogP contribution is 2.32. The zero-order valence-corrected chi connectivity index (χ0v) is 20.4. The van der Waals surface area contributed by atoms with Gasteiger partial charge in [0.15, 0.2) is 0 Å². The lowest BCUT2D eigenvalue weighted by Gasteiger charge is -2.35. The summed E-state index contributed by atoms with van der Waals surface area (Å²) in [6.07, 6.45) is 6.17. The number of carbonyl (C=O) groups excluding carboxylic acids is 2. The monoisotopic (exact) mass is 493 g/mol. The maximum absolute atomic E-state index is 13.5. The Morgan fingerprint density at radius 2 is 1.86 bits per heavy atom. The number of nitrogens with zero attached hydrogens (tertiary/aromatic N) is 1. The summed E-state index contributed by atoms with van der Waals surface area (Å²) in [4.78, 5) is 40.3. The summed E-state index contributed by atoms with van der Waals surface area (Å²) in [5.41, 5.74) is 2.17. The highest BCUT2D eigenvalue weighted by molar-refractivity contribution is 6.30. The van der Waals surface area contributed by atoms with Crippen LogP contribution < -0.4 is 15.5 Å². The molecule has 1 heterocycles. The third kappa shape index (κ3) is 5.10. The summed E-state index contributed by atoms with van der Waals surface area (Å²) in [5, 5.41) is 15.7. The number of amides is 3. The fraction of sp³-hybridized carbons (Fsp3) is 0.296.